The van der Waals surface area contributed by atoms with Crippen molar-refractivity contribution in [2.24, 2.45) is 0 Å². The van der Waals surface area contributed by atoms with Crippen LogP contribution in [0.25, 0.3) is 0 Å². The third-order valence-corrected chi connectivity index (χ3v) is 4.89. The van der Waals surface area contributed by atoms with Crippen LogP contribution < -0.4 is 5.32 Å². The van der Waals surface area contributed by atoms with Gasteiger partial charge < -0.3 is 10.2 Å². The highest BCUT2D eigenvalue weighted by atomic mass is 35.5. The van der Waals surface area contributed by atoms with E-state index in [-0.39, 0.29) is 18.2 Å². The monoisotopic (exact) mass is 400 g/mol. The number of rotatable bonds is 8. The molecule has 0 saturated carbocycles. The third kappa shape index (κ3) is 6.10. The normalized spacial score (nSPS) is 11.8. The van der Waals surface area contributed by atoms with Gasteiger partial charge in [0.25, 0.3) is 0 Å². The van der Waals surface area contributed by atoms with Gasteiger partial charge in [-0.15, -0.1) is 0 Å². The van der Waals surface area contributed by atoms with E-state index in [0.717, 1.165) is 22.3 Å². The molecule has 150 valence electrons. The van der Waals surface area contributed by atoms with Crippen molar-refractivity contribution >= 4 is 23.4 Å². The molecule has 0 aliphatic carbocycles. The molecule has 0 aromatic heterocycles. The third-order valence-electron chi connectivity index (χ3n) is 4.64. The molecule has 0 bridgehead atoms. The minimum Gasteiger partial charge on any atom is -0.355 e. The van der Waals surface area contributed by atoms with Crippen molar-refractivity contribution in [2.75, 3.05) is 6.54 Å². The van der Waals surface area contributed by atoms with Crippen LogP contribution in [0.5, 0.6) is 0 Å². The Kier molecular flexibility index (Phi) is 8.06. The first kappa shape index (κ1) is 22.0. The fourth-order valence-corrected chi connectivity index (χ4v) is 3.57. The molecule has 2 aromatic carbocycles. The van der Waals surface area contributed by atoms with E-state index in [9.17, 15) is 9.59 Å². The number of amides is 2. The maximum atomic E-state index is 13.2. The second-order valence-electron chi connectivity index (χ2n) is 7.14. The molecule has 1 atom stereocenters. The Morgan fingerprint density at radius 3 is 2.14 bits per heavy atom. The molecule has 0 saturated heterocycles. The summed E-state index contributed by atoms with van der Waals surface area (Å²) in [5.41, 5.74) is 4.17. The highest BCUT2D eigenvalue weighted by molar-refractivity contribution is 6.30. The fraction of sp³-hybridized carbons (Fsp3) is 0.391. The lowest BCUT2D eigenvalue weighted by molar-refractivity contribution is -0.140. The van der Waals surface area contributed by atoms with Gasteiger partial charge in [0.05, 0.1) is 6.42 Å². The predicted molar refractivity (Wildman–Crippen MR) is 114 cm³/mol. The van der Waals surface area contributed by atoms with Gasteiger partial charge in [-0.25, -0.2) is 0 Å². The number of benzene rings is 2. The van der Waals surface area contributed by atoms with E-state index >= 15 is 0 Å². The van der Waals surface area contributed by atoms with Crippen molar-refractivity contribution in [2.45, 2.75) is 53.1 Å². The number of hydrogen-bond acceptors (Lipinski definition) is 2. The lowest BCUT2D eigenvalue weighted by Crippen LogP contribution is -2.49. The van der Waals surface area contributed by atoms with Crippen LogP contribution >= 0.6 is 11.6 Å². The summed E-state index contributed by atoms with van der Waals surface area (Å²) in [7, 11) is 0. The number of carbonyl (C=O) groups excluding carboxylic acids is 2. The second kappa shape index (κ2) is 10.3. The number of nitrogens with one attached hydrogen (secondary N) is 1. The van der Waals surface area contributed by atoms with E-state index in [1.54, 1.807) is 17.0 Å². The highest BCUT2D eigenvalue weighted by Gasteiger charge is 2.28. The molecule has 28 heavy (non-hydrogen) atoms. The van der Waals surface area contributed by atoms with Gasteiger partial charge in [-0.1, -0.05) is 60.0 Å². The molecule has 2 rings (SSSR count). The topological polar surface area (TPSA) is 49.4 Å². The van der Waals surface area contributed by atoms with Gasteiger partial charge in [-0.2, -0.15) is 0 Å². The Balaban J connectivity index is 2.30. The zero-order valence-electron chi connectivity index (χ0n) is 17.1. The van der Waals surface area contributed by atoms with Gasteiger partial charge >= 0.3 is 0 Å². The number of halogens is 1. The zero-order valence-corrected chi connectivity index (χ0v) is 17.8. The second-order valence-corrected chi connectivity index (χ2v) is 7.58. The van der Waals surface area contributed by atoms with Crippen LogP contribution in [0.4, 0.5) is 0 Å². The standard InChI is InChI=1S/C23H29ClN2O2/c1-5-21(23(28)25-6-2)26(15-18-7-9-20(24)10-8-18)22(27)14-19-12-16(3)11-17(4)13-19/h7-13,21H,5-6,14-15H2,1-4H3,(H,25,28). The molecule has 0 spiro atoms. The first-order chi connectivity index (χ1) is 13.3. The van der Waals surface area contributed by atoms with Crippen molar-refractivity contribution in [3.8, 4) is 0 Å². The number of aryl methyl sites for hydroxylation is 2. The summed E-state index contributed by atoms with van der Waals surface area (Å²) < 4.78 is 0. The Morgan fingerprint density at radius 2 is 1.61 bits per heavy atom. The molecular formula is C23H29ClN2O2. The molecule has 0 radical (unpaired) electrons. The summed E-state index contributed by atoms with van der Waals surface area (Å²) in [4.78, 5) is 27.5. The maximum absolute atomic E-state index is 13.2. The van der Waals surface area contributed by atoms with Crippen molar-refractivity contribution < 1.29 is 9.59 Å². The van der Waals surface area contributed by atoms with E-state index in [1.165, 1.54) is 0 Å². The minimum atomic E-state index is -0.506. The van der Waals surface area contributed by atoms with Gasteiger partial charge in [0.15, 0.2) is 0 Å². The molecule has 2 amide bonds. The van der Waals surface area contributed by atoms with Crippen molar-refractivity contribution in [1.29, 1.82) is 0 Å². The predicted octanol–water partition coefficient (Wildman–Crippen LogP) is 4.44. The summed E-state index contributed by atoms with van der Waals surface area (Å²) in [5.74, 6) is -0.175. The van der Waals surface area contributed by atoms with Crippen LogP contribution in [0.2, 0.25) is 5.02 Å². The Bertz CT molecular complexity index is 798. The zero-order chi connectivity index (χ0) is 20.7. The van der Waals surface area contributed by atoms with Crippen LogP contribution in [0, 0.1) is 13.8 Å². The van der Waals surface area contributed by atoms with Gasteiger partial charge in [-0.3, -0.25) is 9.59 Å². The first-order valence-electron chi connectivity index (χ1n) is 9.72. The summed E-state index contributed by atoms with van der Waals surface area (Å²) >= 11 is 5.98. The van der Waals surface area contributed by atoms with Gasteiger partial charge in [0, 0.05) is 18.1 Å². The molecule has 1 unspecified atom stereocenters. The SMILES string of the molecule is CCNC(=O)C(CC)N(Cc1ccc(Cl)cc1)C(=O)Cc1cc(C)cc(C)c1. The average molecular weight is 401 g/mol. The molecule has 1 N–H and O–H groups in total. The molecule has 2 aromatic rings. The number of hydrogen-bond donors (Lipinski definition) is 1. The van der Waals surface area contributed by atoms with Gasteiger partial charge in [-0.05, 0) is 50.5 Å². The van der Waals surface area contributed by atoms with E-state index in [4.69, 9.17) is 11.6 Å². The number of nitrogens with zero attached hydrogens (tertiary/aromatic N) is 1. The Hall–Kier alpha value is -2.33. The number of carbonyl (C=O) groups is 2. The molecule has 4 nitrogen and oxygen atoms in total. The van der Waals surface area contributed by atoms with Crippen molar-refractivity contribution in [3.63, 3.8) is 0 Å². The van der Waals surface area contributed by atoms with Crippen LogP contribution in [-0.2, 0) is 22.6 Å². The molecule has 0 fully saturated rings. The summed E-state index contributed by atoms with van der Waals surface area (Å²) in [5, 5.41) is 3.50. The van der Waals surface area contributed by atoms with E-state index < -0.39 is 6.04 Å². The van der Waals surface area contributed by atoms with E-state index in [2.05, 4.69) is 11.4 Å². The van der Waals surface area contributed by atoms with Crippen LogP contribution in [0.3, 0.4) is 0 Å². The largest absolute Gasteiger partial charge is 0.355 e. The van der Waals surface area contributed by atoms with E-state index in [1.807, 2.05) is 52.0 Å². The van der Waals surface area contributed by atoms with Crippen molar-refractivity contribution in [3.05, 3.63) is 69.7 Å². The Labute approximate surface area is 172 Å². The van der Waals surface area contributed by atoms with Gasteiger partial charge in [0.1, 0.15) is 6.04 Å². The maximum Gasteiger partial charge on any atom is 0.242 e. The van der Waals surface area contributed by atoms with Crippen LogP contribution in [0.1, 0.15) is 42.5 Å². The summed E-state index contributed by atoms with van der Waals surface area (Å²) in [6, 6.07) is 13.0. The Morgan fingerprint density at radius 1 is 1.00 bits per heavy atom. The molecule has 0 aliphatic rings. The van der Waals surface area contributed by atoms with Crippen LogP contribution in [-0.4, -0.2) is 29.3 Å². The lowest BCUT2D eigenvalue weighted by atomic mass is 10.0. The number of likely N-dealkylation sites (N-methyl/N-ethyl adjacent to an activating group) is 1. The smallest absolute Gasteiger partial charge is 0.242 e. The summed E-state index contributed by atoms with van der Waals surface area (Å²) in [6.07, 6.45) is 0.823. The van der Waals surface area contributed by atoms with Crippen molar-refractivity contribution in [1.82, 2.24) is 10.2 Å². The van der Waals surface area contributed by atoms with E-state index in [0.29, 0.717) is 24.5 Å². The first-order valence-corrected chi connectivity index (χ1v) is 10.1. The molecule has 0 aliphatic heterocycles. The van der Waals surface area contributed by atoms with Crippen LogP contribution in [0.15, 0.2) is 42.5 Å². The molecule has 5 heteroatoms. The molecular weight excluding hydrogens is 372 g/mol. The molecule has 0 heterocycles. The highest BCUT2D eigenvalue weighted by Crippen LogP contribution is 2.17. The quantitative estimate of drug-likeness (QED) is 0.711. The summed E-state index contributed by atoms with van der Waals surface area (Å²) in [6.45, 7) is 8.77. The minimum absolute atomic E-state index is 0.0574. The average Bonchev–Trinajstić information content (AvgIpc) is 2.62. The fourth-order valence-electron chi connectivity index (χ4n) is 3.45. The van der Waals surface area contributed by atoms with Gasteiger partial charge in [0.2, 0.25) is 11.8 Å². The lowest BCUT2D eigenvalue weighted by Gasteiger charge is -2.30.